The number of nitrogens with one attached hydrogen (secondary N) is 1. The maximum absolute atomic E-state index is 11.2. The maximum atomic E-state index is 11.2. The van der Waals surface area contributed by atoms with Crippen LogP contribution in [-0.2, 0) is 9.84 Å². The molecule has 1 aliphatic rings. The first-order chi connectivity index (χ1) is 7.55. The molecule has 1 heterocycles. The lowest BCUT2D eigenvalue weighted by molar-refractivity contribution is 0.432. The minimum Gasteiger partial charge on any atom is -0.314 e. The molecule has 0 aliphatic carbocycles. The van der Waals surface area contributed by atoms with Crippen molar-refractivity contribution in [3.8, 4) is 11.8 Å². The molecular weight excluding hydrogens is 222 g/mol. The van der Waals surface area contributed by atoms with Gasteiger partial charge in [-0.05, 0) is 24.3 Å². The van der Waals surface area contributed by atoms with E-state index < -0.39 is 9.84 Å². The summed E-state index contributed by atoms with van der Waals surface area (Å²) in [5.74, 6) is 6.61. The molecule has 1 fully saturated rings. The molecule has 0 aromatic heterocycles. The van der Waals surface area contributed by atoms with Crippen molar-refractivity contribution in [3.63, 3.8) is 0 Å². The van der Waals surface area contributed by atoms with Crippen LogP contribution in [0.2, 0.25) is 0 Å². The van der Waals surface area contributed by atoms with Gasteiger partial charge in [0.15, 0.2) is 9.84 Å². The van der Waals surface area contributed by atoms with Crippen molar-refractivity contribution in [1.82, 2.24) is 5.32 Å². The van der Waals surface area contributed by atoms with Crippen molar-refractivity contribution >= 4 is 9.84 Å². The van der Waals surface area contributed by atoms with E-state index in [2.05, 4.69) is 17.2 Å². The number of hydrogen-bond donors (Lipinski definition) is 1. The third kappa shape index (κ3) is 2.63. The lowest BCUT2D eigenvalue weighted by Crippen LogP contribution is -2.40. The molecule has 4 heteroatoms. The topological polar surface area (TPSA) is 46.2 Å². The van der Waals surface area contributed by atoms with Gasteiger partial charge in [-0.1, -0.05) is 11.8 Å². The fourth-order valence-electron chi connectivity index (χ4n) is 1.36. The molecule has 0 saturated carbocycles. The van der Waals surface area contributed by atoms with Crippen molar-refractivity contribution in [2.24, 2.45) is 5.92 Å². The van der Waals surface area contributed by atoms with Crippen LogP contribution in [-0.4, -0.2) is 27.8 Å². The molecule has 1 N–H and O–H groups in total. The second-order valence-corrected chi connectivity index (χ2v) is 5.94. The first-order valence-corrected chi connectivity index (χ1v) is 6.97. The van der Waals surface area contributed by atoms with Gasteiger partial charge in [-0.15, -0.1) is 0 Å². The quantitative estimate of drug-likeness (QED) is 0.727. The highest BCUT2D eigenvalue weighted by molar-refractivity contribution is 7.90. The third-order valence-electron chi connectivity index (χ3n) is 2.48. The number of hydrogen-bond acceptors (Lipinski definition) is 3. The zero-order valence-electron chi connectivity index (χ0n) is 9.03. The minimum absolute atomic E-state index is 0.336. The number of benzene rings is 1. The van der Waals surface area contributed by atoms with E-state index in [1.54, 1.807) is 24.3 Å². The van der Waals surface area contributed by atoms with Gasteiger partial charge in [0.25, 0.3) is 0 Å². The Kier molecular flexibility index (Phi) is 2.99. The van der Waals surface area contributed by atoms with E-state index in [1.807, 2.05) is 0 Å². The Labute approximate surface area is 95.8 Å². The van der Waals surface area contributed by atoms with Crippen LogP contribution in [0.3, 0.4) is 0 Å². The third-order valence-corrected chi connectivity index (χ3v) is 3.61. The molecule has 0 amide bonds. The number of rotatable bonds is 1. The Balaban J connectivity index is 2.15. The van der Waals surface area contributed by atoms with E-state index in [4.69, 9.17) is 0 Å². The van der Waals surface area contributed by atoms with Crippen molar-refractivity contribution in [1.29, 1.82) is 0 Å². The Bertz CT molecular complexity index is 531. The van der Waals surface area contributed by atoms with Gasteiger partial charge in [0, 0.05) is 30.8 Å². The van der Waals surface area contributed by atoms with E-state index in [9.17, 15) is 8.42 Å². The average Bonchev–Trinajstić information content (AvgIpc) is 2.15. The molecule has 1 aromatic carbocycles. The van der Waals surface area contributed by atoms with Crippen molar-refractivity contribution in [2.75, 3.05) is 19.3 Å². The first kappa shape index (κ1) is 11.2. The smallest absolute Gasteiger partial charge is 0.175 e. The zero-order chi connectivity index (χ0) is 11.6. The summed E-state index contributed by atoms with van der Waals surface area (Å²) in [6, 6.07) is 6.68. The minimum atomic E-state index is -3.10. The standard InChI is InChI=1S/C12H13NO2S/c1-16(14,15)12-6-4-10(5-7-12)2-3-11-8-13-9-11/h4-7,11,13H,8-9H2,1H3. The zero-order valence-corrected chi connectivity index (χ0v) is 9.84. The van der Waals surface area contributed by atoms with Gasteiger partial charge in [-0.2, -0.15) is 0 Å². The van der Waals surface area contributed by atoms with Crippen molar-refractivity contribution in [2.45, 2.75) is 4.90 Å². The van der Waals surface area contributed by atoms with Gasteiger partial charge in [0.2, 0.25) is 0 Å². The molecule has 0 atom stereocenters. The monoisotopic (exact) mass is 235 g/mol. The lowest BCUT2D eigenvalue weighted by atomic mass is 10.0. The van der Waals surface area contributed by atoms with Crippen LogP contribution < -0.4 is 5.32 Å². The van der Waals surface area contributed by atoms with E-state index in [0.29, 0.717) is 10.8 Å². The van der Waals surface area contributed by atoms with Gasteiger partial charge >= 0.3 is 0 Å². The summed E-state index contributed by atoms with van der Waals surface area (Å²) in [7, 11) is -3.10. The SMILES string of the molecule is CS(=O)(=O)c1ccc(C#CC2CNC2)cc1. The fourth-order valence-corrected chi connectivity index (χ4v) is 1.99. The molecular formula is C12H13NO2S. The summed E-state index contributed by atoms with van der Waals surface area (Å²) >= 11 is 0. The molecule has 16 heavy (non-hydrogen) atoms. The highest BCUT2D eigenvalue weighted by Crippen LogP contribution is 2.10. The molecule has 3 nitrogen and oxygen atoms in total. The van der Waals surface area contributed by atoms with E-state index >= 15 is 0 Å². The first-order valence-electron chi connectivity index (χ1n) is 5.08. The lowest BCUT2D eigenvalue weighted by Gasteiger charge is -2.21. The van der Waals surface area contributed by atoms with Gasteiger partial charge < -0.3 is 5.32 Å². The Morgan fingerprint density at radius 2 is 1.88 bits per heavy atom. The molecule has 0 unspecified atom stereocenters. The largest absolute Gasteiger partial charge is 0.314 e. The van der Waals surface area contributed by atoms with Crippen LogP contribution in [0, 0.1) is 17.8 Å². The van der Waals surface area contributed by atoms with E-state index in [0.717, 1.165) is 18.7 Å². The van der Waals surface area contributed by atoms with Gasteiger partial charge in [0.05, 0.1) is 4.90 Å². The Morgan fingerprint density at radius 3 is 2.31 bits per heavy atom. The number of sulfone groups is 1. The summed E-state index contributed by atoms with van der Waals surface area (Å²) in [6.07, 6.45) is 1.20. The Morgan fingerprint density at radius 1 is 1.25 bits per heavy atom. The van der Waals surface area contributed by atoms with Crippen molar-refractivity contribution < 1.29 is 8.42 Å². The Hall–Kier alpha value is -1.31. The summed E-state index contributed by atoms with van der Waals surface area (Å²) in [5.41, 5.74) is 0.860. The predicted octanol–water partition coefficient (Wildman–Crippen LogP) is 0.661. The molecule has 2 rings (SSSR count). The van der Waals surface area contributed by atoms with E-state index in [1.165, 1.54) is 6.26 Å². The molecule has 0 bridgehead atoms. The molecule has 84 valence electrons. The normalized spacial score (nSPS) is 16.1. The summed E-state index contributed by atoms with van der Waals surface area (Å²) < 4.78 is 22.4. The molecule has 1 aromatic rings. The maximum Gasteiger partial charge on any atom is 0.175 e. The highest BCUT2D eigenvalue weighted by atomic mass is 32.2. The summed E-state index contributed by atoms with van der Waals surface area (Å²) in [6.45, 7) is 1.91. The molecule has 1 aliphatic heterocycles. The van der Waals surface area contributed by atoms with Gasteiger partial charge in [0.1, 0.15) is 0 Å². The summed E-state index contributed by atoms with van der Waals surface area (Å²) in [4.78, 5) is 0.336. The van der Waals surface area contributed by atoms with Crippen LogP contribution in [0.25, 0.3) is 0 Å². The van der Waals surface area contributed by atoms with Crippen LogP contribution in [0.15, 0.2) is 29.2 Å². The second-order valence-electron chi connectivity index (χ2n) is 3.92. The van der Waals surface area contributed by atoms with Crippen molar-refractivity contribution in [3.05, 3.63) is 29.8 Å². The van der Waals surface area contributed by atoms with E-state index in [-0.39, 0.29) is 0 Å². The van der Waals surface area contributed by atoms with Gasteiger partial charge in [-0.3, -0.25) is 0 Å². The van der Waals surface area contributed by atoms with Crippen LogP contribution in [0.5, 0.6) is 0 Å². The average molecular weight is 235 g/mol. The molecule has 0 spiro atoms. The second kappa shape index (κ2) is 4.28. The van der Waals surface area contributed by atoms with Crippen LogP contribution in [0.4, 0.5) is 0 Å². The fraction of sp³-hybridized carbons (Fsp3) is 0.333. The van der Waals surface area contributed by atoms with Gasteiger partial charge in [-0.25, -0.2) is 8.42 Å². The molecule has 0 radical (unpaired) electrons. The summed E-state index contributed by atoms with van der Waals surface area (Å²) in [5, 5.41) is 3.14. The van der Waals surface area contributed by atoms with Crippen LogP contribution >= 0.6 is 0 Å². The molecule has 1 saturated heterocycles. The predicted molar refractivity (Wildman–Crippen MR) is 62.8 cm³/mol. The van der Waals surface area contributed by atoms with Crippen LogP contribution in [0.1, 0.15) is 5.56 Å². The highest BCUT2D eigenvalue weighted by Gasteiger charge is 2.12.